The summed E-state index contributed by atoms with van der Waals surface area (Å²) in [4.78, 5) is 17.2. The molecular formula is C18H18N4O2S. The Morgan fingerprint density at radius 1 is 1.40 bits per heavy atom. The van der Waals surface area contributed by atoms with E-state index in [0.717, 1.165) is 28.9 Å². The number of thiazole rings is 1. The van der Waals surface area contributed by atoms with Crippen LogP contribution >= 0.6 is 11.3 Å². The molecule has 0 spiro atoms. The molecule has 7 heteroatoms. The number of hydrogen-bond acceptors (Lipinski definition) is 5. The quantitative estimate of drug-likeness (QED) is 0.785. The number of nitrogens with zero attached hydrogens (tertiary/aromatic N) is 3. The smallest absolute Gasteiger partial charge is 0.259 e. The second-order valence-corrected chi connectivity index (χ2v) is 6.89. The number of benzene rings is 1. The van der Waals surface area contributed by atoms with Crippen LogP contribution in [-0.4, -0.2) is 27.3 Å². The van der Waals surface area contributed by atoms with Gasteiger partial charge in [0.1, 0.15) is 0 Å². The number of hydrogen-bond donors (Lipinski definition) is 1. The molecule has 2 aromatic heterocycles. The van der Waals surface area contributed by atoms with Gasteiger partial charge in [0.2, 0.25) is 0 Å². The summed E-state index contributed by atoms with van der Waals surface area (Å²) in [6.45, 7) is 2.49. The van der Waals surface area contributed by atoms with Crippen LogP contribution in [0.15, 0.2) is 35.8 Å². The van der Waals surface area contributed by atoms with E-state index >= 15 is 0 Å². The monoisotopic (exact) mass is 354 g/mol. The zero-order valence-corrected chi connectivity index (χ0v) is 14.8. The molecule has 0 unspecified atom stereocenters. The molecule has 0 radical (unpaired) electrons. The van der Waals surface area contributed by atoms with Gasteiger partial charge in [-0.2, -0.15) is 5.10 Å². The Balaban J connectivity index is 1.54. The number of anilines is 1. The minimum Gasteiger partial charge on any atom is -0.363 e. The van der Waals surface area contributed by atoms with Crippen molar-refractivity contribution in [2.24, 2.45) is 7.05 Å². The molecule has 0 bridgehead atoms. The highest BCUT2D eigenvalue weighted by Gasteiger charge is 2.27. The van der Waals surface area contributed by atoms with Gasteiger partial charge in [-0.1, -0.05) is 24.3 Å². The number of nitrogens with one attached hydrogen (secondary N) is 1. The molecule has 25 heavy (non-hydrogen) atoms. The highest BCUT2D eigenvalue weighted by Crippen LogP contribution is 2.30. The van der Waals surface area contributed by atoms with E-state index in [-0.39, 0.29) is 5.91 Å². The van der Waals surface area contributed by atoms with Crippen molar-refractivity contribution in [1.82, 2.24) is 14.8 Å². The summed E-state index contributed by atoms with van der Waals surface area (Å²) in [7, 11) is 1.88. The fourth-order valence-electron chi connectivity index (χ4n) is 3.09. The van der Waals surface area contributed by atoms with Crippen molar-refractivity contribution in [3.05, 3.63) is 52.7 Å². The van der Waals surface area contributed by atoms with Gasteiger partial charge in [0.05, 0.1) is 18.0 Å². The first kappa shape index (κ1) is 16.0. The maximum absolute atomic E-state index is 12.7. The minimum atomic E-state index is -0.586. The molecule has 1 aliphatic rings. The van der Waals surface area contributed by atoms with E-state index in [9.17, 15) is 4.79 Å². The van der Waals surface area contributed by atoms with Crippen molar-refractivity contribution in [3.8, 4) is 11.3 Å². The van der Waals surface area contributed by atoms with Gasteiger partial charge in [-0.25, -0.2) is 4.98 Å². The Hall–Kier alpha value is -2.51. The van der Waals surface area contributed by atoms with Gasteiger partial charge in [-0.05, 0) is 24.5 Å². The van der Waals surface area contributed by atoms with Gasteiger partial charge >= 0.3 is 0 Å². The molecule has 0 saturated carbocycles. The number of carbonyl (C=O) groups excluding carboxylic acids is 1. The van der Waals surface area contributed by atoms with Crippen molar-refractivity contribution in [2.45, 2.75) is 19.4 Å². The Kier molecular flexibility index (Phi) is 4.10. The van der Waals surface area contributed by atoms with Crippen LogP contribution in [0.1, 0.15) is 22.9 Å². The van der Waals surface area contributed by atoms with Crippen LogP contribution in [0.2, 0.25) is 0 Å². The number of aromatic nitrogens is 3. The van der Waals surface area contributed by atoms with Gasteiger partial charge in [0.25, 0.3) is 5.91 Å². The zero-order chi connectivity index (χ0) is 17.4. The first-order chi connectivity index (χ1) is 12.1. The lowest BCUT2D eigenvalue weighted by Crippen LogP contribution is -2.28. The van der Waals surface area contributed by atoms with Gasteiger partial charge in [-0.15, -0.1) is 11.3 Å². The number of aryl methyl sites for hydroxylation is 2. The van der Waals surface area contributed by atoms with Crippen molar-refractivity contribution in [2.75, 3.05) is 11.9 Å². The average molecular weight is 354 g/mol. The second-order valence-electron chi connectivity index (χ2n) is 6.03. The summed E-state index contributed by atoms with van der Waals surface area (Å²) in [5.74, 6) is -0.184. The van der Waals surface area contributed by atoms with E-state index in [1.54, 1.807) is 4.68 Å². The lowest BCUT2D eigenvalue weighted by Gasteiger charge is -2.24. The van der Waals surface area contributed by atoms with Crippen LogP contribution in [0, 0.1) is 6.92 Å². The van der Waals surface area contributed by atoms with Gasteiger partial charge in [0.15, 0.2) is 11.2 Å². The highest BCUT2D eigenvalue weighted by atomic mass is 32.1. The van der Waals surface area contributed by atoms with Crippen LogP contribution in [0.5, 0.6) is 0 Å². The summed E-state index contributed by atoms with van der Waals surface area (Å²) < 4.78 is 7.46. The van der Waals surface area contributed by atoms with Crippen molar-refractivity contribution in [3.63, 3.8) is 0 Å². The van der Waals surface area contributed by atoms with Crippen LogP contribution in [0.25, 0.3) is 11.3 Å². The van der Waals surface area contributed by atoms with Crippen LogP contribution < -0.4 is 5.32 Å². The van der Waals surface area contributed by atoms with E-state index < -0.39 is 6.10 Å². The molecule has 1 aliphatic heterocycles. The molecule has 4 rings (SSSR count). The van der Waals surface area contributed by atoms with Crippen molar-refractivity contribution < 1.29 is 9.53 Å². The molecule has 0 fully saturated rings. The van der Waals surface area contributed by atoms with Crippen LogP contribution in [0.4, 0.5) is 5.13 Å². The Bertz CT molecular complexity index is 931. The predicted octanol–water partition coefficient (Wildman–Crippen LogP) is 3.10. The molecule has 1 atom stereocenters. The molecular weight excluding hydrogens is 336 g/mol. The lowest BCUT2D eigenvalue weighted by atomic mass is 9.97. The Morgan fingerprint density at radius 3 is 3.04 bits per heavy atom. The largest absolute Gasteiger partial charge is 0.363 e. The molecule has 1 aromatic carbocycles. The van der Waals surface area contributed by atoms with E-state index in [1.165, 1.54) is 16.9 Å². The minimum absolute atomic E-state index is 0.184. The Labute approximate surface area is 149 Å². The summed E-state index contributed by atoms with van der Waals surface area (Å²) in [6, 6.07) is 7.92. The maximum Gasteiger partial charge on any atom is 0.259 e. The van der Waals surface area contributed by atoms with Crippen LogP contribution in [0.3, 0.4) is 0 Å². The second kappa shape index (κ2) is 6.42. The third-order valence-electron chi connectivity index (χ3n) is 4.26. The molecule has 3 aromatic rings. The summed E-state index contributed by atoms with van der Waals surface area (Å²) in [5.41, 5.74) is 4.80. The average Bonchev–Trinajstić information content (AvgIpc) is 3.20. The molecule has 0 aliphatic carbocycles. The van der Waals surface area contributed by atoms with Gasteiger partial charge < -0.3 is 4.74 Å². The maximum atomic E-state index is 12.7. The lowest BCUT2D eigenvalue weighted by molar-refractivity contribution is -0.128. The van der Waals surface area contributed by atoms with Crippen molar-refractivity contribution >= 4 is 22.4 Å². The van der Waals surface area contributed by atoms with E-state index in [0.29, 0.717) is 11.7 Å². The summed E-state index contributed by atoms with van der Waals surface area (Å²) in [6.07, 6.45) is 2.18. The number of carbonyl (C=O) groups is 1. The van der Waals surface area contributed by atoms with Gasteiger partial charge in [0, 0.05) is 24.2 Å². The molecule has 6 nitrogen and oxygen atoms in total. The standard InChI is InChI=1S/C18H18N4O2S/c1-11-14(9-22(2)21-11)15-10-25-18(19-15)20-17(23)16-13-6-4-3-5-12(13)7-8-24-16/h3-6,9-10,16H,7-8H2,1-2H3,(H,19,20,23)/t16-/m0/s1. The molecule has 1 amide bonds. The third kappa shape index (κ3) is 3.08. The molecule has 3 heterocycles. The number of rotatable bonds is 3. The first-order valence-electron chi connectivity index (χ1n) is 8.08. The SMILES string of the molecule is Cc1nn(C)cc1-c1csc(NC(=O)[C@H]2OCCc3ccccc32)n1. The van der Waals surface area contributed by atoms with Gasteiger partial charge in [-0.3, -0.25) is 14.8 Å². The zero-order valence-electron chi connectivity index (χ0n) is 14.0. The predicted molar refractivity (Wildman–Crippen MR) is 96.5 cm³/mol. The summed E-state index contributed by atoms with van der Waals surface area (Å²) >= 11 is 1.40. The number of fused-ring (bicyclic) bond motifs is 1. The first-order valence-corrected chi connectivity index (χ1v) is 8.96. The fourth-order valence-corrected chi connectivity index (χ4v) is 3.80. The third-order valence-corrected chi connectivity index (χ3v) is 5.01. The normalized spacial score (nSPS) is 16.5. The summed E-state index contributed by atoms with van der Waals surface area (Å²) in [5, 5.41) is 9.71. The topological polar surface area (TPSA) is 69.0 Å². The highest BCUT2D eigenvalue weighted by molar-refractivity contribution is 7.14. The number of amides is 1. The van der Waals surface area contributed by atoms with E-state index in [2.05, 4.69) is 15.4 Å². The van der Waals surface area contributed by atoms with Crippen LogP contribution in [-0.2, 0) is 23.0 Å². The Morgan fingerprint density at radius 2 is 2.24 bits per heavy atom. The fraction of sp³-hybridized carbons (Fsp3) is 0.278. The molecule has 1 N–H and O–H groups in total. The van der Waals surface area contributed by atoms with Crippen molar-refractivity contribution in [1.29, 1.82) is 0 Å². The van der Waals surface area contributed by atoms with E-state index in [1.807, 2.05) is 49.8 Å². The number of ether oxygens (including phenoxy) is 1. The molecule has 0 saturated heterocycles. The van der Waals surface area contributed by atoms with E-state index in [4.69, 9.17) is 4.74 Å². The molecule has 128 valence electrons.